The molecule has 0 bridgehead atoms. The number of hydrogen-bond acceptors (Lipinski definition) is 2. The van der Waals surface area contributed by atoms with E-state index in [0.29, 0.717) is 5.92 Å². The van der Waals surface area contributed by atoms with Gasteiger partial charge in [0.1, 0.15) is 5.75 Å². The summed E-state index contributed by atoms with van der Waals surface area (Å²) >= 11 is 0. The number of fused-ring (bicyclic) bond motifs is 1. The van der Waals surface area contributed by atoms with Crippen LogP contribution in [0.15, 0.2) is 24.3 Å². The molecular weight excluding hydrogens is 188 g/mol. The van der Waals surface area contributed by atoms with E-state index in [4.69, 9.17) is 4.74 Å². The minimum absolute atomic E-state index is 0.190. The van der Waals surface area contributed by atoms with Gasteiger partial charge in [-0.2, -0.15) is 0 Å². The molecule has 0 spiro atoms. The summed E-state index contributed by atoms with van der Waals surface area (Å²) in [5.74, 6) is 1.42. The van der Waals surface area contributed by atoms with Gasteiger partial charge in [-0.05, 0) is 25.0 Å². The Morgan fingerprint density at radius 2 is 1.87 bits per heavy atom. The van der Waals surface area contributed by atoms with E-state index in [0.717, 1.165) is 24.2 Å². The Balaban J connectivity index is 1.89. The van der Waals surface area contributed by atoms with Gasteiger partial charge in [-0.3, -0.25) is 4.79 Å². The molecule has 15 heavy (non-hydrogen) atoms. The second-order valence-corrected chi connectivity index (χ2v) is 4.44. The smallest absolute Gasteiger partial charge is 0.207 e. The molecule has 1 heterocycles. The van der Waals surface area contributed by atoms with Crippen molar-refractivity contribution in [3.8, 4) is 5.75 Å². The molecule has 0 N–H and O–H groups in total. The standard InChI is InChI=1S/C13H14O2/c14-12-10-7-3-4-8-11(10)15-13(12)9-5-1-2-6-9/h3-4,7-9,13H,1-2,5-6H2. The predicted octanol–water partition coefficient (Wildman–Crippen LogP) is 2.82. The zero-order valence-corrected chi connectivity index (χ0v) is 8.61. The fourth-order valence-electron chi connectivity index (χ4n) is 2.69. The highest BCUT2D eigenvalue weighted by atomic mass is 16.5. The van der Waals surface area contributed by atoms with E-state index in [1.165, 1.54) is 12.8 Å². The number of benzene rings is 1. The van der Waals surface area contributed by atoms with Crippen molar-refractivity contribution >= 4 is 5.78 Å². The van der Waals surface area contributed by atoms with E-state index in [1.54, 1.807) is 0 Å². The molecule has 1 saturated carbocycles. The molecule has 1 fully saturated rings. The Kier molecular flexibility index (Phi) is 2.01. The summed E-state index contributed by atoms with van der Waals surface area (Å²) in [4.78, 5) is 12.1. The van der Waals surface area contributed by atoms with Gasteiger partial charge in [-0.15, -0.1) is 0 Å². The fourth-order valence-corrected chi connectivity index (χ4v) is 2.69. The molecule has 2 nitrogen and oxygen atoms in total. The molecule has 0 radical (unpaired) electrons. The van der Waals surface area contributed by atoms with Gasteiger partial charge in [0, 0.05) is 5.92 Å². The van der Waals surface area contributed by atoms with Crippen molar-refractivity contribution in [2.45, 2.75) is 31.8 Å². The van der Waals surface area contributed by atoms with E-state index >= 15 is 0 Å². The monoisotopic (exact) mass is 202 g/mol. The zero-order chi connectivity index (χ0) is 10.3. The number of ether oxygens (including phenoxy) is 1. The normalized spacial score (nSPS) is 25.3. The second kappa shape index (κ2) is 3.37. The van der Waals surface area contributed by atoms with Crippen LogP contribution >= 0.6 is 0 Å². The van der Waals surface area contributed by atoms with E-state index < -0.39 is 0 Å². The summed E-state index contributed by atoms with van der Waals surface area (Å²) in [7, 11) is 0. The minimum Gasteiger partial charge on any atom is -0.481 e. The Bertz CT molecular complexity index is 391. The number of ketones is 1. The summed E-state index contributed by atoms with van der Waals surface area (Å²) in [5.41, 5.74) is 0.773. The minimum atomic E-state index is -0.190. The number of hydrogen-bond donors (Lipinski definition) is 0. The first-order valence-corrected chi connectivity index (χ1v) is 5.66. The van der Waals surface area contributed by atoms with Crippen LogP contribution in [0.5, 0.6) is 5.75 Å². The van der Waals surface area contributed by atoms with Crippen LogP contribution in [0.3, 0.4) is 0 Å². The van der Waals surface area contributed by atoms with Crippen molar-refractivity contribution in [3.05, 3.63) is 29.8 Å². The average molecular weight is 202 g/mol. The van der Waals surface area contributed by atoms with Crippen molar-refractivity contribution in [1.29, 1.82) is 0 Å². The summed E-state index contributed by atoms with van der Waals surface area (Å²) in [6, 6.07) is 7.58. The number of Topliss-reactive ketones (excluding diaryl/α,β-unsaturated/α-hetero) is 1. The SMILES string of the molecule is O=C1c2ccccc2OC1C1CCCC1. The molecule has 1 aromatic carbocycles. The molecule has 78 valence electrons. The molecule has 1 atom stereocenters. The molecule has 2 heteroatoms. The van der Waals surface area contributed by atoms with Crippen LogP contribution in [0.2, 0.25) is 0 Å². The molecule has 0 aromatic heterocycles. The lowest BCUT2D eigenvalue weighted by Crippen LogP contribution is -2.28. The van der Waals surface area contributed by atoms with Crippen LogP contribution in [-0.2, 0) is 0 Å². The second-order valence-electron chi connectivity index (χ2n) is 4.44. The van der Waals surface area contributed by atoms with Gasteiger partial charge in [0.05, 0.1) is 5.56 Å². The Morgan fingerprint density at radius 1 is 1.13 bits per heavy atom. The van der Waals surface area contributed by atoms with Crippen LogP contribution in [-0.4, -0.2) is 11.9 Å². The van der Waals surface area contributed by atoms with E-state index in [1.807, 2.05) is 24.3 Å². The maximum atomic E-state index is 12.1. The highest BCUT2D eigenvalue weighted by molar-refractivity contribution is 6.04. The highest BCUT2D eigenvalue weighted by Crippen LogP contribution is 2.37. The number of carbonyl (C=O) groups is 1. The third kappa shape index (κ3) is 1.36. The molecule has 1 aliphatic carbocycles. The van der Waals surface area contributed by atoms with E-state index in [9.17, 15) is 4.79 Å². The van der Waals surface area contributed by atoms with Crippen molar-refractivity contribution in [2.75, 3.05) is 0 Å². The number of rotatable bonds is 1. The maximum absolute atomic E-state index is 12.1. The molecule has 1 aliphatic heterocycles. The zero-order valence-electron chi connectivity index (χ0n) is 8.61. The van der Waals surface area contributed by atoms with Gasteiger partial charge in [-0.1, -0.05) is 25.0 Å². The van der Waals surface area contributed by atoms with Gasteiger partial charge in [0.2, 0.25) is 5.78 Å². The topological polar surface area (TPSA) is 26.3 Å². The lowest BCUT2D eigenvalue weighted by molar-refractivity contribution is 0.0764. The predicted molar refractivity (Wildman–Crippen MR) is 57.1 cm³/mol. The molecule has 1 unspecified atom stereocenters. The molecule has 0 saturated heterocycles. The lowest BCUT2D eigenvalue weighted by Gasteiger charge is -2.15. The third-order valence-corrected chi connectivity index (χ3v) is 3.49. The quantitative estimate of drug-likeness (QED) is 0.700. The highest BCUT2D eigenvalue weighted by Gasteiger charge is 2.38. The molecule has 0 amide bonds. The van der Waals surface area contributed by atoms with Crippen LogP contribution in [0.1, 0.15) is 36.0 Å². The van der Waals surface area contributed by atoms with Crippen LogP contribution in [0, 0.1) is 5.92 Å². The van der Waals surface area contributed by atoms with E-state index in [2.05, 4.69) is 0 Å². The van der Waals surface area contributed by atoms with Gasteiger partial charge in [0.15, 0.2) is 6.10 Å². The molecule has 2 aliphatic rings. The van der Waals surface area contributed by atoms with Gasteiger partial charge in [-0.25, -0.2) is 0 Å². The molecule has 3 rings (SSSR count). The maximum Gasteiger partial charge on any atom is 0.207 e. The Hall–Kier alpha value is -1.31. The first-order chi connectivity index (χ1) is 7.36. The lowest BCUT2D eigenvalue weighted by atomic mass is 9.96. The van der Waals surface area contributed by atoms with E-state index in [-0.39, 0.29) is 11.9 Å². The van der Waals surface area contributed by atoms with Crippen LogP contribution < -0.4 is 4.74 Å². The molecular formula is C13H14O2. The van der Waals surface area contributed by atoms with Gasteiger partial charge >= 0.3 is 0 Å². The first kappa shape index (κ1) is 8.96. The van der Waals surface area contributed by atoms with Crippen molar-refractivity contribution < 1.29 is 9.53 Å². The average Bonchev–Trinajstić information content (AvgIpc) is 2.87. The summed E-state index contributed by atoms with van der Waals surface area (Å²) in [6.45, 7) is 0. The summed E-state index contributed by atoms with van der Waals surface area (Å²) in [5, 5.41) is 0. The van der Waals surface area contributed by atoms with Crippen LogP contribution in [0.4, 0.5) is 0 Å². The van der Waals surface area contributed by atoms with Crippen molar-refractivity contribution in [1.82, 2.24) is 0 Å². The number of para-hydroxylation sites is 1. The van der Waals surface area contributed by atoms with Crippen molar-refractivity contribution in [2.24, 2.45) is 5.92 Å². The van der Waals surface area contributed by atoms with Gasteiger partial charge in [0.25, 0.3) is 0 Å². The molecule has 1 aromatic rings. The number of carbonyl (C=O) groups excluding carboxylic acids is 1. The summed E-state index contributed by atoms with van der Waals surface area (Å²) < 4.78 is 5.75. The fraction of sp³-hybridized carbons (Fsp3) is 0.462. The van der Waals surface area contributed by atoms with Crippen molar-refractivity contribution in [3.63, 3.8) is 0 Å². The summed E-state index contributed by atoms with van der Waals surface area (Å²) in [6.07, 6.45) is 4.58. The Morgan fingerprint density at radius 3 is 2.60 bits per heavy atom. The van der Waals surface area contributed by atoms with Gasteiger partial charge < -0.3 is 4.74 Å². The van der Waals surface area contributed by atoms with Crippen LogP contribution in [0.25, 0.3) is 0 Å². The first-order valence-electron chi connectivity index (χ1n) is 5.66. The Labute approximate surface area is 89.2 Å². The largest absolute Gasteiger partial charge is 0.481 e. The third-order valence-electron chi connectivity index (χ3n) is 3.49.